The fourth-order valence-corrected chi connectivity index (χ4v) is 7.01. The second-order valence-electron chi connectivity index (χ2n) is 10.1. The molecule has 6 aromatic carbocycles. The summed E-state index contributed by atoms with van der Waals surface area (Å²) < 4.78 is 3.99. The molecule has 0 radical (unpaired) electrons. The minimum atomic E-state index is 0. The second kappa shape index (κ2) is 16.6. The van der Waals surface area contributed by atoms with E-state index in [1.165, 1.54) is 89.5 Å². The van der Waals surface area contributed by atoms with Gasteiger partial charge in [0.05, 0.1) is 0 Å². The van der Waals surface area contributed by atoms with E-state index in [1.54, 1.807) is 0 Å². The Labute approximate surface area is 314 Å². The first kappa shape index (κ1) is 35.0. The fraction of sp³-hybridized carbons (Fsp3) is 0.0513. The van der Waals surface area contributed by atoms with E-state index in [0.29, 0.717) is 0 Å². The van der Waals surface area contributed by atoms with E-state index in [1.807, 2.05) is 18.2 Å². The van der Waals surface area contributed by atoms with Crippen LogP contribution in [0.15, 0.2) is 133 Å². The maximum Gasteiger partial charge on any atom is -0.0240 e. The van der Waals surface area contributed by atoms with Crippen molar-refractivity contribution in [2.75, 3.05) is 0 Å². The van der Waals surface area contributed by atoms with Gasteiger partial charge in [-0.15, -0.1) is 47.0 Å². The molecule has 0 spiro atoms. The quantitative estimate of drug-likeness (QED) is 0.134. The van der Waals surface area contributed by atoms with Gasteiger partial charge in [-0.1, -0.05) is 53.9 Å². The molecular weight excluding hydrogens is 884 g/mol. The smallest absolute Gasteiger partial charge is 0.0240 e. The van der Waals surface area contributed by atoms with Crippen molar-refractivity contribution in [1.82, 2.24) is 0 Å². The van der Waals surface area contributed by atoms with Gasteiger partial charge < -0.3 is 24.8 Å². The summed E-state index contributed by atoms with van der Waals surface area (Å²) in [5.41, 5.74) is 8.34. The summed E-state index contributed by atoms with van der Waals surface area (Å²) in [6.07, 6.45) is 11.0. The number of fused-ring (bicyclic) bond motifs is 8. The minimum Gasteiger partial charge on any atom is -0.147 e. The summed E-state index contributed by atoms with van der Waals surface area (Å²) in [7, 11) is 0. The molecule has 0 aliphatic heterocycles. The Morgan fingerprint density at radius 1 is 0.659 bits per heavy atom. The van der Waals surface area contributed by atoms with Crippen LogP contribution in [0.4, 0.5) is 0 Å². The maximum absolute atomic E-state index is 3.48. The first-order chi connectivity index (χ1) is 20.6. The molecule has 0 fully saturated rings. The topological polar surface area (TPSA) is 0 Å². The molecule has 0 saturated heterocycles. The zero-order valence-electron chi connectivity index (χ0n) is 23.6. The molecule has 0 heterocycles. The summed E-state index contributed by atoms with van der Waals surface area (Å²) in [6.45, 7) is 0. The van der Waals surface area contributed by atoms with Gasteiger partial charge in [-0.3, -0.25) is 6.08 Å². The van der Waals surface area contributed by atoms with Gasteiger partial charge >= 0.3 is 139 Å². The molecule has 2 aliphatic rings. The van der Waals surface area contributed by atoms with Gasteiger partial charge in [-0.05, 0) is 28.5 Å². The van der Waals surface area contributed by atoms with Crippen molar-refractivity contribution in [3.8, 4) is 11.1 Å². The Morgan fingerprint density at radius 2 is 1.25 bits per heavy atom. The molecule has 0 unspecified atom stereocenters. The van der Waals surface area contributed by atoms with Gasteiger partial charge in [0, 0.05) is 0 Å². The minimum absolute atomic E-state index is 0. The Hall–Kier alpha value is -1.89. The predicted octanol–water partition coefficient (Wildman–Crippen LogP) is 4.69. The SMILES string of the molecule is [C-]1=CC=CC1.[Cl-].[Cl-].[Zr+2]=[C](c1ccc(I)cc1)c1ccc(I)cc1.[c-]1cccc2c1c1c(c3ccccc32)-c2ccccc2C1. The molecular formula is C39H26Cl2I2Zr-2. The Morgan fingerprint density at radius 3 is 1.84 bits per heavy atom. The summed E-state index contributed by atoms with van der Waals surface area (Å²) in [4.78, 5) is 0. The number of halogens is 4. The van der Waals surface area contributed by atoms with Crippen LogP contribution < -0.4 is 24.8 Å². The van der Waals surface area contributed by atoms with Crippen LogP contribution in [0.5, 0.6) is 0 Å². The molecule has 44 heavy (non-hydrogen) atoms. The summed E-state index contributed by atoms with van der Waals surface area (Å²) in [5.74, 6) is 0. The Bertz CT molecular complexity index is 1900. The largest absolute Gasteiger partial charge is 0.147 e. The number of rotatable bonds is 2. The Balaban J connectivity index is 0.000000171. The van der Waals surface area contributed by atoms with Crippen molar-refractivity contribution < 1.29 is 49.0 Å². The molecule has 8 rings (SSSR count). The summed E-state index contributed by atoms with van der Waals surface area (Å²) >= 11 is 6.13. The fourth-order valence-electron chi connectivity index (χ4n) is 5.47. The molecule has 0 saturated carbocycles. The number of hydrogen-bond acceptors (Lipinski definition) is 0. The van der Waals surface area contributed by atoms with Crippen molar-refractivity contribution in [1.29, 1.82) is 0 Å². The van der Waals surface area contributed by atoms with Crippen molar-refractivity contribution in [2.45, 2.75) is 12.8 Å². The van der Waals surface area contributed by atoms with E-state index in [0.717, 1.165) is 12.8 Å². The molecule has 0 bridgehead atoms. The molecule has 0 N–H and O–H groups in total. The first-order valence-electron chi connectivity index (χ1n) is 13.8. The monoisotopic (exact) mass is 908 g/mol. The van der Waals surface area contributed by atoms with Crippen LogP contribution in [0.2, 0.25) is 0 Å². The molecule has 0 nitrogen and oxygen atoms in total. The second-order valence-corrected chi connectivity index (χ2v) is 13.8. The average Bonchev–Trinajstić information content (AvgIpc) is 3.75. The molecule has 0 aromatic heterocycles. The van der Waals surface area contributed by atoms with Crippen LogP contribution in [0.1, 0.15) is 28.7 Å². The molecule has 0 atom stereocenters. The van der Waals surface area contributed by atoms with Crippen LogP contribution in [0.3, 0.4) is 0 Å². The molecule has 6 aromatic rings. The third-order valence-electron chi connectivity index (χ3n) is 7.45. The van der Waals surface area contributed by atoms with Crippen LogP contribution in [0, 0.1) is 19.3 Å². The zero-order valence-corrected chi connectivity index (χ0v) is 31.9. The van der Waals surface area contributed by atoms with E-state index in [4.69, 9.17) is 0 Å². The van der Waals surface area contributed by atoms with Crippen LogP contribution in [-0.4, -0.2) is 3.21 Å². The number of allylic oxidation sites excluding steroid dienone is 4. The predicted molar refractivity (Wildman–Crippen MR) is 192 cm³/mol. The molecule has 5 heteroatoms. The maximum atomic E-state index is 3.48. The summed E-state index contributed by atoms with van der Waals surface area (Å²) in [6, 6.07) is 44.8. The van der Waals surface area contributed by atoms with Crippen LogP contribution in [0.25, 0.3) is 32.7 Å². The normalized spacial score (nSPS) is 11.7. The molecule has 2 aliphatic carbocycles. The van der Waals surface area contributed by atoms with Gasteiger partial charge in [0.15, 0.2) is 0 Å². The van der Waals surface area contributed by atoms with Crippen LogP contribution >= 0.6 is 45.2 Å². The van der Waals surface area contributed by atoms with Crippen molar-refractivity contribution in [3.05, 3.63) is 175 Å². The Kier molecular flexibility index (Phi) is 13.2. The summed E-state index contributed by atoms with van der Waals surface area (Å²) in [5, 5.41) is 5.30. The van der Waals surface area contributed by atoms with Crippen molar-refractivity contribution >= 4 is 69.9 Å². The third-order valence-corrected chi connectivity index (χ3v) is 10.3. The first-order valence-corrected chi connectivity index (χ1v) is 17.2. The van der Waals surface area contributed by atoms with Gasteiger partial charge in [-0.25, -0.2) is 12.2 Å². The van der Waals surface area contributed by atoms with Gasteiger partial charge in [-0.2, -0.15) is 6.08 Å². The van der Waals surface area contributed by atoms with Crippen molar-refractivity contribution in [2.24, 2.45) is 0 Å². The van der Waals surface area contributed by atoms with E-state index in [2.05, 4.69) is 173 Å². The van der Waals surface area contributed by atoms with E-state index in [-0.39, 0.29) is 24.8 Å². The number of benzene rings is 6. The van der Waals surface area contributed by atoms with E-state index in [9.17, 15) is 0 Å². The third kappa shape index (κ3) is 7.90. The van der Waals surface area contributed by atoms with Crippen molar-refractivity contribution in [3.63, 3.8) is 0 Å². The van der Waals surface area contributed by atoms with Gasteiger partial charge in [0.25, 0.3) is 0 Å². The van der Waals surface area contributed by atoms with Gasteiger partial charge in [0.2, 0.25) is 0 Å². The van der Waals surface area contributed by atoms with Gasteiger partial charge in [0.1, 0.15) is 0 Å². The van der Waals surface area contributed by atoms with E-state index >= 15 is 0 Å². The molecule has 0 amide bonds. The number of hydrogen-bond donors (Lipinski definition) is 0. The standard InChI is InChI=1S/C21H13.C13H8I2.C5H5.2ClH.Zr/c1-2-8-15-14(7-1)13-20-18-11-4-3-9-16(18)17-10-5-6-12-19(17)21(15)20;14-12-5-1-10(2-6-12)9-11-3-7-13(15)8-4-11;1-2-4-5-3-1;;;/h1-10,12H,13H2;1-8H;1-3H,4H2;2*1H;/q-1;;-1;;;+2/p-2. The average molecular weight is 911 g/mol. The molecule has 216 valence electrons. The van der Waals surface area contributed by atoms with Crippen LogP contribution in [-0.2, 0) is 30.7 Å². The zero-order chi connectivity index (χ0) is 28.9. The van der Waals surface area contributed by atoms with E-state index < -0.39 is 0 Å².